The summed E-state index contributed by atoms with van der Waals surface area (Å²) in [5.41, 5.74) is -5.65. The summed E-state index contributed by atoms with van der Waals surface area (Å²) in [4.78, 5) is 12.0. The van der Waals surface area contributed by atoms with Gasteiger partial charge < -0.3 is 10.1 Å². The second-order valence-corrected chi connectivity index (χ2v) is 8.46. The molecule has 144 valence electrons. The maximum Gasteiger partial charge on any atom is 0.511 e. The van der Waals surface area contributed by atoms with Crippen LogP contribution in [0.5, 0.6) is 0 Å². The van der Waals surface area contributed by atoms with Crippen LogP contribution in [0.1, 0.15) is 23.2 Å². The Morgan fingerprint density at radius 1 is 1.27 bits per heavy atom. The minimum absolute atomic E-state index is 0.0988. The third-order valence-electron chi connectivity index (χ3n) is 4.93. The monoisotopic (exact) mass is 392 g/mol. The van der Waals surface area contributed by atoms with Gasteiger partial charge in [0.25, 0.3) is 5.91 Å². The number of benzene rings is 1. The molecule has 1 aromatic rings. The molecule has 0 aliphatic carbocycles. The zero-order valence-electron chi connectivity index (χ0n) is 13.8. The van der Waals surface area contributed by atoms with Crippen LogP contribution in [0.2, 0.25) is 0 Å². The Morgan fingerprint density at radius 3 is 2.54 bits per heavy atom. The number of hydrogen-bond acceptors (Lipinski definition) is 4. The van der Waals surface area contributed by atoms with E-state index in [4.69, 9.17) is 4.74 Å². The zero-order valence-corrected chi connectivity index (χ0v) is 14.6. The van der Waals surface area contributed by atoms with Crippen LogP contribution in [0.4, 0.5) is 13.2 Å². The molecule has 26 heavy (non-hydrogen) atoms. The van der Waals surface area contributed by atoms with Crippen molar-refractivity contribution in [2.24, 2.45) is 5.92 Å². The molecule has 1 amide bonds. The van der Waals surface area contributed by atoms with E-state index in [0.717, 1.165) is 0 Å². The van der Waals surface area contributed by atoms with Crippen molar-refractivity contribution < 1.29 is 31.1 Å². The Kier molecular flexibility index (Phi) is 5.02. The molecule has 6 nitrogen and oxygen atoms in total. The summed E-state index contributed by atoms with van der Waals surface area (Å²) in [6, 6.07) is 8.66. The van der Waals surface area contributed by atoms with E-state index in [1.54, 1.807) is 30.3 Å². The molecule has 0 saturated carbocycles. The second-order valence-electron chi connectivity index (χ2n) is 6.53. The van der Waals surface area contributed by atoms with Crippen molar-refractivity contribution in [3.05, 3.63) is 35.9 Å². The fraction of sp³-hybridized carbons (Fsp3) is 0.562. The van der Waals surface area contributed by atoms with Gasteiger partial charge in [-0.3, -0.25) is 4.79 Å². The summed E-state index contributed by atoms with van der Waals surface area (Å²) in [6.45, 7) is 0.116. The molecule has 10 heteroatoms. The quantitative estimate of drug-likeness (QED) is 0.828. The molecule has 0 aromatic heterocycles. The lowest BCUT2D eigenvalue weighted by molar-refractivity contribution is -0.113. The number of amides is 1. The first-order valence-electron chi connectivity index (χ1n) is 8.19. The van der Waals surface area contributed by atoms with Crippen LogP contribution in [-0.4, -0.2) is 56.0 Å². The largest absolute Gasteiger partial charge is 0.511 e. The Hall–Kier alpha value is -1.65. The molecule has 2 fully saturated rings. The standard InChI is InChI=1S/C16H19F3N2O4S/c17-16(18,19)26(23,24)21-10-15(11-21)13(7-9-25-15)6-8-20-14(22)12-4-2-1-3-5-12/h1-5,13H,6-11H2,(H,20,22)/t13-/m0/s1. The van der Waals surface area contributed by atoms with Crippen molar-refractivity contribution >= 4 is 15.9 Å². The van der Waals surface area contributed by atoms with Gasteiger partial charge in [0, 0.05) is 31.8 Å². The van der Waals surface area contributed by atoms with E-state index in [2.05, 4.69) is 5.32 Å². The summed E-state index contributed by atoms with van der Waals surface area (Å²) >= 11 is 0. The molecule has 0 unspecified atom stereocenters. The van der Waals surface area contributed by atoms with Gasteiger partial charge in [0.2, 0.25) is 0 Å². The van der Waals surface area contributed by atoms with Crippen LogP contribution in [0.15, 0.2) is 30.3 Å². The van der Waals surface area contributed by atoms with Crippen LogP contribution in [0, 0.1) is 5.92 Å². The molecule has 1 atom stereocenters. The van der Waals surface area contributed by atoms with Crippen LogP contribution in [-0.2, 0) is 14.8 Å². The number of nitrogens with one attached hydrogen (secondary N) is 1. The second kappa shape index (κ2) is 6.82. The third-order valence-corrected chi connectivity index (χ3v) is 6.46. The molecule has 0 radical (unpaired) electrons. The predicted molar refractivity (Wildman–Crippen MR) is 86.7 cm³/mol. The molecule has 2 saturated heterocycles. The van der Waals surface area contributed by atoms with Gasteiger partial charge in [-0.05, 0) is 30.9 Å². The van der Waals surface area contributed by atoms with Gasteiger partial charge in [0.05, 0.1) is 5.60 Å². The highest BCUT2D eigenvalue weighted by atomic mass is 32.2. The number of carbonyl (C=O) groups is 1. The topological polar surface area (TPSA) is 75.7 Å². The molecule has 3 rings (SSSR count). The third kappa shape index (κ3) is 3.45. The summed E-state index contributed by atoms with van der Waals surface area (Å²) in [7, 11) is -5.31. The lowest BCUT2D eigenvalue weighted by Crippen LogP contribution is -2.67. The minimum atomic E-state index is -5.31. The van der Waals surface area contributed by atoms with Gasteiger partial charge in [-0.2, -0.15) is 17.5 Å². The van der Waals surface area contributed by atoms with Crippen LogP contribution >= 0.6 is 0 Å². The minimum Gasteiger partial charge on any atom is -0.372 e. The summed E-state index contributed by atoms with van der Waals surface area (Å²) in [5, 5.41) is 2.77. The van der Waals surface area contributed by atoms with E-state index in [0.29, 0.717) is 35.9 Å². The molecule has 0 bridgehead atoms. The SMILES string of the molecule is O=C(NCC[C@H]1CCOC12CN(S(=O)(=O)C(F)(F)F)C2)c1ccccc1. The highest BCUT2D eigenvalue weighted by molar-refractivity contribution is 7.90. The molecule has 2 heterocycles. The number of nitrogens with zero attached hydrogens (tertiary/aromatic N) is 1. The van der Waals surface area contributed by atoms with Gasteiger partial charge in [0.15, 0.2) is 0 Å². The number of hydrogen-bond donors (Lipinski definition) is 1. The van der Waals surface area contributed by atoms with Crippen molar-refractivity contribution in [2.45, 2.75) is 24.0 Å². The molecule has 2 aliphatic heterocycles. The molecule has 1 spiro atoms. The lowest BCUT2D eigenvalue weighted by Gasteiger charge is -2.49. The Labute approximate surface area is 149 Å². The number of ether oxygens (including phenoxy) is 1. The van der Waals surface area contributed by atoms with Gasteiger partial charge in [-0.25, -0.2) is 8.42 Å². The normalized spacial score (nSPS) is 23.0. The van der Waals surface area contributed by atoms with E-state index in [1.165, 1.54) is 0 Å². The number of alkyl halides is 3. The first-order valence-corrected chi connectivity index (χ1v) is 9.63. The number of sulfonamides is 1. The molecule has 2 aliphatic rings. The summed E-state index contributed by atoms with van der Waals surface area (Å²) in [5.74, 6) is -0.327. The average Bonchev–Trinajstić information content (AvgIpc) is 2.97. The van der Waals surface area contributed by atoms with Gasteiger partial charge in [0.1, 0.15) is 0 Å². The Balaban J connectivity index is 1.53. The highest BCUT2D eigenvalue weighted by Gasteiger charge is 2.61. The van der Waals surface area contributed by atoms with E-state index in [1.807, 2.05) is 0 Å². The lowest BCUT2D eigenvalue weighted by atomic mass is 9.80. The number of halogens is 3. The first-order chi connectivity index (χ1) is 12.2. The number of carbonyl (C=O) groups excluding carboxylic acids is 1. The van der Waals surface area contributed by atoms with Crippen LogP contribution in [0.25, 0.3) is 0 Å². The molecular weight excluding hydrogens is 373 g/mol. The Bertz CT molecular complexity index is 761. The van der Waals surface area contributed by atoms with Crippen molar-refractivity contribution in [3.8, 4) is 0 Å². The molecular formula is C16H19F3N2O4S. The average molecular weight is 392 g/mol. The van der Waals surface area contributed by atoms with E-state index in [-0.39, 0.29) is 24.9 Å². The van der Waals surface area contributed by atoms with Gasteiger partial charge >= 0.3 is 15.5 Å². The smallest absolute Gasteiger partial charge is 0.372 e. The van der Waals surface area contributed by atoms with E-state index < -0.39 is 21.1 Å². The number of rotatable bonds is 5. The van der Waals surface area contributed by atoms with E-state index >= 15 is 0 Å². The fourth-order valence-corrected chi connectivity index (χ4v) is 4.53. The van der Waals surface area contributed by atoms with Crippen LogP contribution in [0.3, 0.4) is 0 Å². The van der Waals surface area contributed by atoms with E-state index in [9.17, 15) is 26.4 Å². The molecule has 1 aromatic carbocycles. The van der Waals surface area contributed by atoms with Crippen molar-refractivity contribution in [1.82, 2.24) is 9.62 Å². The summed E-state index contributed by atoms with van der Waals surface area (Å²) < 4.78 is 66.7. The predicted octanol–water partition coefficient (Wildman–Crippen LogP) is 1.75. The highest BCUT2D eigenvalue weighted by Crippen LogP contribution is 2.44. The summed E-state index contributed by atoms with van der Waals surface area (Å²) in [6.07, 6.45) is 1.14. The molecule has 1 N–H and O–H groups in total. The van der Waals surface area contributed by atoms with Crippen molar-refractivity contribution in [2.75, 3.05) is 26.2 Å². The first kappa shape index (κ1) is 19.1. The van der Waals surface area contributed by atoms with Gasteiger partial charge in [-0.1, -0.05) is 18.2 Å². The fourth-order valence-electron chi connectivity index (χ4n) is 3.46. The van der Waals surface area contributed by atoms with Gasteiger partial charge in [-0.15, -0.1) is 0 Å². The van der Waals surface area contributed by atoms with Crippen LogP contribution < -0.4 is 5.32 Å². The maximum atomic E-state index is 12.6. The maximum absolute atomic E-state index is 12.6. The zero-order chi connectivity index (χ0) is 19.0. The van der Waals surface area contributed by atoms with Crippen molar-refractivity contribution in [1.29, 1.82) is 0 Å². The van der Waals surface area contributed by atoms with Crippen molar-refractivity contribution in [3.63, 3.8) is 0 Å². The Morgan fingerprint density at radius 2 is 1.92 bits per heavy atom.